The number of hydrogen-bond donors (Lipinski definition) is 1. The fourth-order valence-corrected chi connectivity index (χ4v) is 3.09. The van der Waals surface area contributed by atoms with Crippen molar-refractivity contribution < 1.29 is 4.79 Å². The number of aryl methyl sites for hydroxylation is 2. The molecule has 25 heavy (non-hydrogen) atoms. The molecule has 0 saturated carbocycles. The SMILES string of the molecule is CCc1cccc(NC(=O)CC(c2cccc(C)c2)n2cccc2)c1. The van der Waals surface area contributed by atoms with Crippen molar-refractivity contribution in [2.24, 2.45) is 0 Å². The van der Waals surface area contributed by atoms with Gasteiger partial charge in [0.15, 0.2) is 0 Å². The van der Waals surface area contributed by atoms with Gasteiger partial charge < -0.3 is 9.88 Å². The van der Waals surface area contributed by atoms with Crippen molar-refractivity contribution in [1.29, 1.82) is 0 Å². The van der Waals surface area contributed by atoms with Crippen molar-refractivity contribution in [1.82, 2.24) is 4.57 Å². The molecule has 0 bridgehead atoms. The van der Waals surface area contributed by atoms with Gasteiger partial charge in [-0.05, 0) is 48.7 Å². The highest BCUT2D eigenvalue weighted by atomic mass is 16.1. The largest absolute Gasteiger partial charge is 0.346 e. The maximum Gasteiger partial charge on any atom is 0.226 e. The third kappa shape index (κ3) is 4.38. The summed E-state index contributed by atoms with van der Waals surface area (Å²) < 4.78 is 2.09. The van der Waals surface area contributed by atoms with Gasteiger partial charge in [0, 0.05) is 18.1 Å². The first-order valence-corrected chi connectivity index (χ1v) is 8.73. The lowest BCUT2D eigenvalue weighted by atomic mass is 10.0. The van der Waals surface area contributed by atoms with E-state index in [9.17, 15) is 4.79 Å². The number of nitrogens with zero attached hydrogens (tertiary/aromatic N) is 1. The molecule has 128 valence electrons. The van der Waals surface area contributed by atoms with Gasteiger partial charge in [0.25, 0.3) is 0 Å². The Morgan fingerprint density at radius 1 is 1.04 bits per heavy atom. The third-order valence-electron chi connectivity index (χ3n) is 4.41. The molecule has 0 fully saturated rings. The fourth-order valence-electron chi connectivity index (χ4n) is 3.09. The molecule has 1 aromatic heterocycles. The molecule has 3 nitrogen and oxygen atoms in total. The zero-order chi connectivity index (χ0) is 17.6. The molecule has 0 radical (unpaired) electrons. The van der Waals surface area contributed by atoms with Crippen LogP contribution in [0.1, 0.15) is 36.1 Å². The van der Waals surface area contributed by atoms with Crippen LogP contribution in [0, 0.1) is 6.92 Å². The maximum atomic E-state index is 12.7. The number of carbonyl (C=O) groups is 1. The number of rotatable bonds is 6. The zero-order valence-electron chi connectivity index (χ0n) is 14.8. The highest BCUT2D eigenvalue weighted by Crippen LogP contribution is 2.24. The number of carbonyl (C=O) groups excluding carboxylic acids is 1. The summed E-state index contributed by atoms with van der Waals surface area (Å²) in [4.78, 5) is 12.7. The molecule has 1 atom stereocenters. The van der Waals surface area contributed by atoms with E-state index in [4.69, 9.17) is 0 Å². The summed E-state index contributed by atoms with van der Waals surface area (Å²) in [6, 6.07) is 20.4. The third-order valence-corrected chi connectivity index (χ3v) is 4.41. The first-order chi connectivity index (χ1) is 12.2. The van der Waals surface area contributed by atoms with Gasteiger partial charge in [0.05, 0.1) is 12.5 Å². The Morgan fingerprint density at radius 3 is 2.52 bits per heavy atom. The molecule has 2 aromatic carbocycles. The summed E-state index contributed by atoms with van der Waals surface area (Å²) in [5.41, 5.74) is 4.43. The van der Waals surface area contributed by atoms with Crippen molar-refractivity contribution in [2.75, 3.05) is 5.32 Å². The van der Waals surface area contributed by atoms with Gasteiger partial charge in [0.1, 0.15) is 0 Å². The van der Waals surface area contributed by atoms with E-state index in [1.807, 2.05) is 48.8 Å². The normalized spacial score (nSPS) is 11.9. The lowest BCUT2D eigenvalue weighted by Gasteiger charge is -2.20. The molecule has 0 spiro atoms. The second kappa shape index (κ2) is 7.84. The molecule has 0 aliphatic rings. The summed E-state index contributed by atoms with van der Waals surface area (Å²) in [6.45, 7) is 4.19. The van der Waals surface area contributed by atoms with Gasteiger partial charge in [0.2, 0.25) is 5.91 Å². The summed E-state index contributed by atoms with van der Waals surface area (Å²) >= 11 is 0. The van der Waals surface area contributed by atoms with E-state index in [1.54, 1.807) is 0 Å². The Balaban J connectivity index is 1.79. The van der Waals surface area contributed by atoms with Crippen LogP contribution in [0.5, 0.6) is 0 Å². The summed E-state index contributed by atoms with van der Waals surface area (Å²) in [5, 5.41) is 3.04. The lowest BCUT2D eigenvalue weighted by molar-refractivity contribution is -0.116. The van der Waals surface area contributed by atoms with E-state index in [2.05, 4.69) is 48.0 Å². The number of amides is 1. The monoisotopic (exact) mass is 332 g/mol. The number of anilines is 1. The molecular formula is C22H24N2O. The van der Waals surface area contributed by atoms with E-state index in [0.29, 0.717) is 6.42 Å². The minimum Gasteiger partial charge on any atom is -0.346 e. The fraction of sp³-hybridized carbons (Fsp3) is 0.227. The molecule has 1 N–H and O–H groups in total. The Kier molecular flexibility index (Phi) is 5.34. The highest BCUT2D eigenvalue weighted by Gasteiger charge is 2.17. The zero-order valence-corrected chi connectivity index (χ0v) is 14.8. The van der Waals surface area contributed by atoms with Gasteiger partial charge >= 0.3 is 0 Å². The average Bonchev–Trinajstić information content (AvgIpc) is 3.14. The number of aromatic nitrogens is 1. The summed E-state index contributed by atoms with van der Waals surface area (Å²) in [5.74, 6) is 0.0217. The van der Waals surface area contributed by atoms with Gasteiger partial charge in [-0.3, -0.25) is 4.79 Å². The molecule has 0 aliphatic carbocycles. The first-order valence-electron chi connectivity index (χ1n) is 8.73. The second-order valence-electron chi connectivity index (χ2n) is 6.37. The van der Waals surface area contributed by atoms with Crippen molar-refractivity contribution in [3.05, 3.63) is 89.7 Å². The summed E-state index contributed by atoms with van der Waals surface area (Å²) in [7, 11) is 0. The highest BCUT2D eigenvalue weighted by molar-refractivity contribution is 5.91. The Bertz CT molecular complexity index is 837. The smallest absolute Gasteiger partial charge is 0.226 e. The van der Waals surface area contributed by atoms with E-state index < -0.39 is 0 Å². The molecule has 3 rings (SSSR count). The minimum atomic E-state index is -0.00995. The molecule has 0 aliphatic heterocycles. The topological polar surface area (TPSA) is 34.0 Å². The Labute approximate surface area is 149 Å². The van der Waals surface area contributed by atoms with Crippen LogP contribution in [0.25, 0.3) is 0 Å². The van der Waals surface area contributed by atoms with Crippen LogP contribution in [0.3, 0.4) is 0 Å². The average molecular weight is 332 g/mol. The van der Waals surface area contributed by atoms with E-state index in [0.717, 1.165) is 17.7 Å². The van der Waals surface area contributed by atoms with Gasteiger partial charge in [-0.2, -0.15) is 0 Å². The van der Waals surface area contributed by atoms with Crippen molar-refractivity contribution in [3.63, 3.8) is 0 Å². The van der Waals surface area contributed by atoms with Crippen LogP contribution in [0.4, 0.5) is 5.69 Å². The van der Waals surface area contributed by atoms with E-state index in [1.165, 1.54) is 11.1 Å². The molecule has 1 heterocycles. The molecule has 1 unspecified atom stereocenters. The molecular weight excluding hydrogens is 308 g/mol. The standard InChI is InChI=1S/C22H24N2O/c1-3-18-9-7-11-20(15-18)23-22(25)16-21(24-12-4-5-13-24)19-10-6-8-17(2)14-19/h4-15,21H,3,16H2,1-2H3,(H,23,25). The Morgan fingerprint density at radius 2 is 1.80 bits per heavy atom. The van der Waals surface area contributed by atoms with Crippen LogP contribution in [0.2, 0.25) is 0 Å². The quantitative estimate of drug-likeness (QED) is 0.679. The van der Waals surface area contributed by atoms with Crippen LogP contribution in [0.15, 0.2) is 73.1 Å². The van der Waals surface area contributed by atoms with Crippen molar-refractivity contribution >= 4 is 11.6 Å². The van der Waals surface area contributed by atoms with E-state index >= 15 is 0 Å². The van der Waals surface area contributed by atoms with Gasteiger partial charge in [-0.15, -0.1) is 0 Å². The Hall–Kier alpha value is -2.81. The minimum absolute atomic E-state index is 0.00995. The number of hydrogen-bond acceptors (Lipinski definition) is 1. The van der Waals surface area contributed by atoms with Gasteiger partial charge in [-0.1, -0.05) is 48.9 Å². The molecule has 0 saturated heterocycles. The number of benzene rings is 2. The number of nitrogens with one attached hydrogen (secondary N) is 1. The predicted molar refractivity (Wildman–Crippen MR) is 103 cm³/mol. The van der Waals surface area contributed by atoms with Crippen molar-refractivity contribution in [3.8, 4) is 0 Å². The molecule has 3 heteroatoms. The van der Waals surface area contributed by atoms with Crippen LogP contribution >= 0.6 is 0 Å². The maximum absolute atomic E-state index is 12.7. The van der Waals surface area contributed by atoms with Crippen LogP contribution in [-0.2, 0) is 11.2 Å². The van der Waals surface area contributed by atoms with Crippen LogP contribution < -0.4 is 5.32 Å². The second-order valence-corrected chi connectivity index (χ2v) is 6.37. The first kappa shape index (κ1) is 17.0. The predicted octanol–water partition coefficient (Wildman–Crippen LogP) is 4.98. The van der Waals surface area contributed by atoms with E-state index in [-0.39, 0.29) is 11.9 Å². The van der Waals surface area contributed by atoms with Crippen LogP contribution in [-0.4, -0.2) is 10.5 Å². The van der Waals surface area contributed by atoms with Gasteiger partial charge in [-0.25, -0.2) is 0 Å². The molecule has 3 aromatic rings. The summed E-state index contributed by atoms with van der Waals surface area (Å²) in [6.07, 6.45) is 5.38. The lowest BCUT2D eigenvalue weighted by Crippen LogP contribution is -2.19. The molecule has 1 amide bonds. The van der Waals surface area contributed by atoms with Crippen molar-refractivity contribution in [2.45, 2.75) is 32.7 Å².